The highest BCUT2D eigenvalue weighted by atomic mass is 16.3. The van der Waals surface area contributed by atoms with E-state index in [0.29, 0.717) is 6.54 Å². The number of aliphatic hydroxyl groups excluding tert-OH is 2. The zero-order valence-corrected chi connectivity index (χ0v) is 13.7. The standard InChI is InChI=1S/C17H26N2O4/c1-17(2,12-20)15(22)16(23)19-11-9-14(21)18-10-8-13-6-4-3-5-7-13/h3-7,15,20,22H,8-12H2,1-2H3,(H,18,21)(H,19,23)/t15-/m0/s1. The molecule has 2 amide bonds. The largest absolute Gasteiger partial charge is 0.396 e. The molecule has 0 aliphatic carbocycles. The van der Waals surface area contributed by atoms with Crippen LogP contribution in [0.1, 0.15) is 25.8 Å². The molecule has 0 saturated heterocycles. The first-order chi connectivity index (χ1) is 10.9. The number of aliphatic hydroxyl groups is 2. The van der Waals surface area contributed by atoms with Crippen LogP contribution in [0.25, 0.3) is 0 Å². The van der Waals surface area contributed by atoms with Crippen LogP contribution < -0.4 is 10.6 Å². The van der Waals surface area contributed by atoms with Crippen molar-refractivity contribution in [1.82, 2.24) is 10.6 Å². The minimum absolute atomic E-state index is 0.146. The van der Waals surface area contributed by atoms with Gasteiger partial charge in [-0.15, -0.1) is 0 Å². The quantitative estimate of drug-likeness (QED) is 0.523. The summed E-state index contributed by atoms with van der Waals surface area (Å²) in [7, 11) is 0. The first-order valence-electron chi connectivity index (χ1n) is 7.74. The van der Waals surface area contributed by atoms with Crippen molar-refractivity contribution in [3.05, 3.63) is 35.9 Å². The van der Waals surface area contributed by atoms with E-state index in [0.717, 1.165) is 12.0 Å². The van der Waals surface area contributed by atoms with Crippen molar-refractivity contribution in [2.75, 3.05) is 19.7 Å². The van der Waals surface area contributed by atoms with Gasteiger partial charge in [0.2, 0.25) is 11.8 Å². The average molecular weight is 322 g/mol. The summed E-state index contributed by atoms with van der Waals surface area (Å²) in [5.74, 6) is -0.738. The molecule has 0 bridgehead atoms. The summed E-state index contributed by atoms with van der Waals surface area (Å²) < 4.78 is 0. The molecule has 0 unspecified atom stereocenters. The molecule has 0 saturated carbocycles. The Hall–Kier alpha value is -1.92. The Morgan fingerprint density at radius 3 is 2.39 bits per heavy atom. The second-order valence-electron chi connectivity index (χ2n) is 6.18. The second-order valence-corrected chi connectivity index (χ2v) is 6.18. The highest BCUT2D eigenvalue weighted by molar-refractivity contribution is 5.82. The number of carbonyl (C=O) groups excluding carboxylic acids is 2. The number of benzene rings is 1. The SMILES string of the molecule is CC(C)(CO)[C@@H](O)C(=O)NCCC(=O)NCCc1ccccc1. The summed E-state index contributed by atoms with van der Waals surface area (Å²) in [6, 6.07) is 9.84. The van der Waals surface area contributed by atoms with Gasteiger partial charge in [-0.1, -0.05) is 44.2 Å². The van der Waals surface area contributed by atoms with Gasteiger partial charge in [-0.3, -0.25) is 9.59 Å². The van der Waals surface area contributed by atoms with Gasteiger partial charge in [0.25, 0.3) is 0 Å². The van der Waals surface area contributed by atoms with Crippen LogP contribution in [0.15, 0.2) is 30.3 Å². The summed E-state index contributed by atoms with van der Waals surface area (Å²) in [4.78, 5) is 23.4. The van der Waals surface area contributed by atoms with Crippen molar-refractivity contribution >= 4 is 11.8 Å². The van der Waals surface area contributed by atoms with Gasteiger partial charge < -0.3 is 20.8 Å². The van der Waals surface area contributed by atoms with Gasteiger partial charge in [-0.05, 0) is 12.0 Å². The van der Waals surface area contributed by atoms with E-state index in [-0.39, 0.29) is 25.5 Å². The van der Waals surface area contributed by atoms with Gasteiger partial charge in [0, 0.05) is 24.9 Å². The van der Waals surface area contributed by atoms with E-state index >= 15 is 0 Å². The van der Waals surface area contributed by atoms with Crippen LogP contribution in [0.5, 0.6) is 0 Å². The van der Waals surface area contributed by atoms with Gasteiger partial charge >= 0.3 is 0 Å². The Bertz CT molecular complexity index is 503. The van der Waals surface area contributed by atoms with Gasteiger partial charge in [0.1, 0.15) is 6.10 Å². The molecule has 0 spiro atoms. The molecule has 0 heterocycles. The van der Waals surface area contributed by atoms with Crippen LogP contribution in [0.2, 0.25) is 0 Å². The highest BCUT2D eigenvalue weighted by Gasteiger charge is 2.32. The molecular weight excluding hydrogens is 296 g/mol. The van der Waals surface area contributed by atoms with Crippen LogP contribution in [-0.4, -0.2) is 47.8 Å². The fourth-order valence-electron chi connectivity index (χ4n) is 1.92. The van der Waals surface area contributed by atoms with E-state index in [2.05, 4.69) is 10.6 Å². The summed E-state index contributed by atoms with van der Waals surface area (Å²) in [6.07, 6.45) is -0.413. The highest BCUT2D eigenvalue weighted by Crippen LogP contribution is 2.19. The second kappa shape index (κ2) is 9.27. The summed E-state index contributed by atoms with van der Waals surface area (Å²) in [5.41, 5.74) is 0.234. The Labute approximate surface area is 136 Å². The summed E-state index contributed by atoms with van der Waals surface area (Å²) in [5, 5.41) is 24.2. The van der Waals surface area contributed by atoms with Crippen LogP contribution in [0.4, 0.5) is 0 Å². The zero-order valence-electron chi connectivity index (χ0n) is 13.7. The minimum atomic E-state index is -1.31. The molecule has 6 heteroatoms. The molecule has 128 valence electrons. The number of hydrogen-bond acceptors (Lipinski definition) is 4. The Morgan fingerprint density at radius 1 is 1.13 bits per heavy atom. The Kier molecular flexibility index (Phi) is 7.71. The maximum absolute atomic E-state index is 11.7. The van der Waals surface area contributed by atoms with Crippen LogP contribution in [0, 0.1) is 5.41 Å². The number of nitrogens with one attached hydrogen (secondary N) is 2. The predicted molar refractivity (Wildman–Crippen MR) is 87.7 cm³/mol. The van der Waals surface area contributed by atoms with Crippen LogP contribution >= 0.6 is 0 Å². The van der Waals surface area contributed by atoms with Gasteiger partial charge in [0.05, 0.1) is 6.61 Å². The lowest BCUT2D eigenvalue weighted by atomic mass is 9.87. The van der Waals surface area contributed by atoms with E-state index in [1.807, 2.05) is 30.3 Å². The lowest BCUT2D eigenvalue weighted by Gasteiger charge is -2.27. The Balaban J connectivity index is 2.20. The normalized spacial score (nSPS) is 12.5. The average Bonchev–Trinajstić information content (AvgIpc) is 2.55. The molecule has 0 radical (unpaired) electrons. The van der Waals surface area contributed by atoms with E-state index < -0.39 is 17.4 Å². The Morgan fingerprint density at radius 2 is 1.78 bits per heavy atom. The van der Waals surface area contributed by atoms with Crippen molar-refractivity contribution in [1.29, 1.82) is 0 Å². The molecule has 0 aliphatic heterocycles. The van der Waals surface area contributed by atoms with Crippen LogP contribution in [-0.2, 0) is 16.0 Å². The number of carbonyl (C=O) groups is 2. The van der Waals surface area contributed by atoms with Crippen molar-refractivity contribution in [2.24, 2.45) is 5.41 Å². The first-order valence-corrected chi connectivity index (χ1v) is 7.74. The van der Waals surface area contributed by atoms with E-state index in [9.17, 15) is 14.7 Å². The molecule has 1 aromatic rings. The smallest absolute Gasteiger partial charge is 0.249 e. The van der Waals surface area contributed by atoms with Crippen LogP contribution in [0.3, 0.4) is 0 Å². The van der Waals surface area contributed by atoms with Crippen molar-refractivity contribution < 1.29 is 19.8 Å². The molecule has 1 aromatic carbocycles. The zero-order chi connectivity index (χ0) is 17.3. The third-order valence-corrected chi connectivity index (χ3v) is 3.63. The molecule has 23 heavy (non-hydrogen) atoms. The summed E-state index contributed by atoms with van der Waals surface area (Å²) >= 11 is 0. The first kappa shape index (κ1) is 19.1. The molecule has 0 fully saturated rings. The van der Waals surface area contributed by atoms with Gasteiger partial charge in [-0.25, -0.2) is 0 Å². The molecule has 0 aliphatic rings. The van der Waals surface area contributed by atoms with Crippen molar-refractivity contribution in [3.63, 3.8) is 0 Å². The minimum Gasteiger partial charge on any atom is -0.396 e. The molecule has 0 aromatic heterocycles. The fraction of sp³-hybridized carbons (Fsp3) is 0.529. The maximum Gasteiger partial charge on any atom is 0.249 e. The maximum atomic E-state index is 11.7. The number of rotatable bonds is 9. The topological polar surface area (TPSA) is 98.7 Å². The molecule has 6 nitrogen and oxygen atoms in total. The number of amides is 2. The van der Waals surface area contributed by atoms with Gasteiger partial charge in [0.15, 0.2) is 0 Å². The monoisotopic (exact) mass is 322 g/mol. The third-order valence-electron chi connectivity index (χ3n) is 3.63. The van der Waals surface area contributed by atoms with Gasteiger partial charge in [-0.2, -0.15) is 0 Å². The molecule has 1 rings (SSSR count). The van der Waals surface area contributed by atoms with Crippen molar-refractivity contribution in [2.45, 2.75) is 32.8 Å². The van der Waals surface area contributed by atoms with Crippen molar-refractivity contribution in [3.8, 4) is 0 Å². The summed E-state index contributed by atoms with van der Waals surface area (Å²) in [6.45, 7) is 3.56. The van der Waals surface area contributed by atoms with E-state index in [1.54, 1.807) is 13.8 Å². The lowest BCUT2D eigenvalue weighted by molar-refractivity contribution is -0.137. The molecule has 4 N–H and O–H groups in total. The molecule has 1 atom stereocenters. The number of hydrogen-bond donors (Lipinski definition) is 4. The van der Waals surface area contributed by atoms with E-state index in [1.165, 1.54) is 0 Å². The fourth-order valence-corrected chi connectivity index (χ4v) is 1.92. The van der Waals surface area contributed by atoms with E-state index in [4.69, 9.17) is 5.11 Å². The molecular formula is C17H26N2O4. The predicted octanol–water partition coefficient (Wildman–Crippen LogP) is 0.231. The third kappa shape index (κ3) is 6.80. The lowest BCUT2D eigenvalue weighted by Crippen LogP contribution is -2.46.